The molecule has 0 amide bonds. The molecular formula is C19H24N2O5. The Labute approximate surface area is 151 Å². The minimum atomic E-state index is -1.43. The van der Waals surface area contributed by atoms with Gasteiger partial charge < -0.3 is 25.2 Å². The number of rotatable bonds is 5. The van der Waals surface area contributed by atoms with Gasteiger partial charge in [0.05, 0.1) is 24.2 Å². The van der Waals surface area contributed by atoms with E-state index in [1.807, 2.05) is 12.1 Å². The summed E-state index contributed by atoms with van der Waals surface area (Å²) in [5.74, 6) is 0. The molecule has 1 saturated heterocycles. The van der Waals surface area contributed by atoms with Crippen LogP contribution in [0.5, 0.6) is 0 Å². The van der Waals surface area contributed by atoms with Crippen LogP contribution in [-0.4, -0.2) is 61.4 Å². The van der Waals surface area contributed by atoms with Crippen molar-refractivity contribution in [3.63, 3.8) is 0 Å². The normalized spacial score (nSPS) is 28.9. The zero-order valence-corrected chi connectivity index (χ0v) is 14.6. The van der Waals surface area contributed by atoms with Crippen molar-refractivity contribution in [3.05, 3.63) is 59.2 Å². The van der Waals surface area contributed by atoms with Gasteiger partial charge in [-0.25, -0.2) is 0 Å². The summed E-state index contributed by atoms with van der Waals surface area (Å²) < 4.78 is 5.54. The molecule has 1 fully saturated rings. The highest BCUT2D eigenvalue weighted by molar-refractivity contribution is 5.26. The summed E-state index contributed by atoms with van der Waals surface area (Å²) in [7, 11) is 0. The Morgan fingerprint density at radius 1 is 0.962 bits per heavy atom. The zero-order valence-electron chi connectivity index (χ0n) is 14.6. The molecule has 1 aliphatic heterocycles. The first-order valence-electron chi connectivity index (χ1n) is 8.72. The molecule has 2 heterocycles. The smallest absolute Gasteiger partial charge is 0.130 e. The van der Waals surface area contributed by atoms with Gasteiger partial charge >= 0.3 is 0 Å². The average Bonchev–Trinajstić information content (AvgIpc) is 2.67. The van der Waals surface area contributed by atoms with Crippen molar-refractivity contribution in [1.29, 1.82) is 0 Å². The largest absolute Gasteiger partial charge is 0.394 e. The van der Waals surface area contributed by atoms with Crippen molar-refractivity contribution in [2.75, 3.05) is 6.61 Å². The first kappa shape index (κ1) is 18.9. The van der Waals surface area contributed by atoms with Crippen LogP contribution in [0.1, 0.15) is 35.5 Å². The maximum atomic E-state index is 10.2. The second kappa shape index (κ2) is 8.20. The number of nitrogens with zero attached hydrogens (tertiary/aromatic N) is 2. The van der Waals surface area contributed by atoms with Gasteiger partial charge in [-0.1, -0.05) is 31.2 Å². The minimum absolute atomic E-state index is 0.351. The van der Waals surface area contributed by atoms with Crippen LogP contribution in [0.3, 0.4) is 0 Å². The van der Waals surface area contributed by atoms with E-state index in [0.717, 1.165) is 12.0 Å². The fraction of sp³-hybridized carbons (Fsp3) is 0.474. The number of aromatic nitrogens is 2. The highest BCUT2D eigenvalue weighted by Gasteiger charge is 2.44. The van der Waals surface area contributed by atoms with Gasteiger partial charge in [-0.05, 0) is 17.5 Å². The molecule has 0 radical (unpaired) electrons. The molecule has 1 unspecified atom stereocenters. The summed E-state index contributed by atoms with van der Waals surface area (Å²) in [5, 5.41) is 39.4. The lowest BCUT2D eigenvalue weighted by Crippen LogP contribution is -2.55. The molecule has 26 heavy (non-hydrogen) atoms. The van der Waals surface area contributed by atoms with E-state index >= 15 is 0 Å². The molecule has 7 nitrogen and oxygen atoms in total. The quantitative estimate of drug-likeness (QED) is 0.599. The fourth-order valence-corrected chi connectivity index (χ4v) is 3.09. The minimum Gasteiger partial charge on any atom is -0.394 e. The Bertz CT molecular complexity index is 722. The first-order valence-corrected chi connectivity index (χ1v) is 8.72. The van der Waals surface area contributed by atoms with E-state index in [2.05, 4.69) is 29.0 Å². The molecule has 0 saturated carbocycles. The predicted octanol–water partition coefficient (Wildman–Crippen LogP) is 0.145. The Balaban J connectivity index is 1.79. The standard InChI is InChI=1S/C19H24N2O5/c1-2-11-3-5-12(6-4-11)7-13-8-20-9-14(21-13)19-18(25)17(24)16(23)15(10-22)26-19/h3-6,8-9,15-19,22-25H,2,7,10H2,1H3/t15?,16-,17+,18-,19+/m1/s1. The third-order valence-electron chi connectivity index (χ3n) is 4.70. The number of benzene rings is 1. The molecule has 1 aliphatic rings. The topological polar surface area (TPSA) is 116 Å². The lowest BCUT2D eigenvalue weighted by molar-refractivity contribution is -0.232. The lowest BCUT2D eigenvalue weighted by Gasteiger charge is -2.39. The summed E-state index contributed by atoms with van der Waals surface area (Å²) in [6.07, 6.45) is -1.48. The summed E-state index contributed by atoms with van der Waals surface area (Å²) in [6.45, 7) is 1.63. The molecule has 1 aromatic carbocycles. The van der Waals surface area contributed by atoms with Gasteiger partial charge in [0.15, 0.2) is 0 Å². The molecule has 7 heteroatoms. The summed E-state index contributed by atoms with van der Waals surface area (Å²) in [6, 6.07) is 8.23. The van der Waals surface area contributed by atoms with E-state index in [1.54, 1.807) is 6.20 Å². The number of hydrogen-bond donors (Lipinski definition) is 4. The van der Waals surface area contributed by atoms with Gasteiger partial charge in [-0.3, -0.25) is 9.97 Å². The van der Waals surface area contributed by atoms with Crippen LogP contribution in [0.4, 0.5) is 0 Å². The molecule has 2 aromatic rings. The van der Waals surface area contributed by atoms with Crippen molar-refractivity contribution in [1.82, 2.24) is 9.97 Å². The molecular weight excluding hydrogens is 336 g/mol. The van der Waals surface area contributed by atoms with E-state index in [4.69, 9.17) is 4.74 Å². The van der Waals surface area contributed by atoms with Crippen molar-refractivity contribution in [2.45, 2.75) is 50.3 Å². The second-order valence-corrected chi connectivity index (χ2v) is 6.53. The van der Waals surface area contributed by atoms with Crippen LogP contribution < -0.4 is 0 Å². The van der Waals surface area contributed by atoms with Crippen molar-refractivity contribution >= 4 is 0 Å². The number of aryl methyl sites for hydroxylation is 1. The number of hydrogen-bond acceptors (Lipinski definition) is 7. The molecule has 1 aromatic heterocycles. The van der Waals surface area contributed by atoms with Gasteiger partial charge in [-0.2, -0.15) is 0 Å². The first-order chi connectivity index (χ1) is 12.5. The fourth-order valence-electron chi connectivity index (χ4n) is 3.09. The van der Waals surface area contributed by atoms with Gasteiger partial charge in [0, 0.05) is 12.6 Å². The highest BCUT2D eigenvalue weighted by atomic mass is 16.5. The molecule has 0 aliphatic carbocycles. The molecule has 4 N–H and O–H groups in total. The Hall–Kier alpha value is -1.90. The predicted molar refractivity (Wildman–Crippen MR) is 93.4 cm³/mol. The van der Waals surface area contributed by atoms with E-state index in [9.17, 15) is 20.4 Å². The van der Waals surface area contributed by atoms with Gasteiger partial charge in [0.1, 0.15) is 30.5 Å². The zero-order chi connectivity index (χ0) is 18.7. The Morgan fingerprint density at radius 3 is 2.31 bits per heavy atom. The van der Waals surface area contributed by atoms with Crippen LogP contribution in [0.2, 0.25) is 0 Å². The van der Waals surface area contributed by atoms with Crippen LogP contribution in [0, 0.1) is 0 Å². The maximum Gasteiger partial charge on any atom is 0.130 e. The molecule has 140 valence electrons. The number of aliphatic hydroxyl groups is 4. The summed E-state index contributed by atoms with van der Waals surface area (Å²) >= 11 is 0. The number of aliphatic hydroxyl groups excluding tert-OH is 4. The maximum absolute atomic E-state index is 10.2. The number of ether oxygens (including phenoxy) is 1. The highest BCUT2D eigenvalue weighted by Crippen LogP contribution is 2.31. The SMILES string of the molecule is CCc1ccc(Cc2cncc([C@@H]3OC(CO)[C@@H](O)[C@H](O)[C@H]3O)n2)cc1. The monoisotopic (exact) mass is 360 g/mol. The van der Waals surface area contributed by atoms with Crippen LogP contribution in [-0.2, 0) is 17.6 Å². The Morgan fingerprint density at radius 2 is 1.65 bits per heavy atom. The molecule has 0 bridgehead atoms. The van der Waals surface area contributed by atoms with E-state index in [0.29, 0.717) is 17.8 Å². The summed E-state index contributed by atoms with van der Waals surface area (Å²) in [4.78, 5) is 8.65. The van der Waals surface area contributed by atoms with Gasteiger partial charge in [-0.15, -0.1) is 0 Å². The second-order valence-electron chi connectivity index (χ2n) is 6.53. The van der Waals surface area contributed by atoms with Crippen LogP contribution in [0.15, 0.2) is 36.7 Å². The molecule has 5 atom stereocenters. The summed E-state index contributed by atoms with van der Waals surface area (Å²) in [5.41, 5.74) is 3.39. The van der Waals surface area contributed by atoms with Crippen LogP contribution >= 0.6 is 0 Å². The van der Waals surface area contributed by atoms with Crippen molar-refractivity contribution < 1.29 is 25.2 Å². The average molecular weight is 360 g/mol. The Kier molecular flexibility index (Phi) is 5.95. The van der Waals surface area contributed by atoms with E-state index in [1.165, 1.54) is 11.8 Å². The van der Waals surface area contributed by atoms with E-state index < -0.39 is 37.1 Å². The van der Waals surface area contributed by atoms with Crippen LogP contribution in [0.25, 0.3) is 0 Å². The molecule has 3 rings (SSSR count). The van der Waals surface area contributed by atoms with Crippen molar-refractivity contribution in [3.8, 4) is 0 Å². The molecule has 0 spiro atoms. The third kappa shape index (κ3) is 3.92. The van der Waals surface area contributed by atoms with E-state index in [-0.39, 0.29) is 0 Å². The van der Waals surface area contributed by atoms with Gasteiger partial charge in [0.2, 0.25) is 0 Å². The third-order valence-corrected chi connectivity index (χ3v) is 4.70. The lowest BCUT2D eigenvalue weighted by atomic mass is 9.93. The van der Waals surface area contributed by atoms with Crippen molar-refractivity contribution in [2.24, 2.45) is 0 Å². The van der Waals surface area contributed by atoms with Gasteiger partial charge in [0.25, 0.3) is 0 Å².